The van der Waals surface area contributed by atoms with E-state index in [9.17, 15) is 9.59 Å². The molecule has 13 heavy (non-hydrogen) atoms. The smallest absolute Gasteiger partial charge is 0.343 e. The number of hydrogen-bond acceptors (Lipinski definition) is 5. The molecule has 0 spiro atoms. The van der Waals surface area contributed by atoms with Gasteiger partial charge in [-0.1, -0.05) is 11.8 Å². The van der Waals surface area contributed by atoms with Crippen molar-refractivity contribution >= 4 is 17.7 Å². The Hall–Kier alpha value is -1.24. The quantitative estimate of drug-likeness (QED) is 0.523. The van der Waals surface area contributed by atoms with Crippen LogP contribution in [0.1, 0.15) is 0 Å². The first kappa shape index (κ1) is 9.85. The number of aromatic amines is 1. The first-order valence-corrected chi connectivity index (χ1v) is 4.44. The van der Waals surface area contributed by atoms with E-state index < -0.39 is 0 Å². The Bertz CT molecular complexity index is 356. The number of methoxy groups -OCH3 is 1. The first-order chi connectivity index (χ1) is 6.15. The molecule has 0 atom stereocenters. The highest BCUT2D eigenvalue weighted by Crippen LogP contribution is 2.11. The zero-order valence-corrected chi connectivity index (χ0v) is 8.05. The maximum Gasteiger partial charge on any atom is 0.343 e. The van der Waals surface area contributed by atoms with Crippen LogP contribution in [0.3, 0.4) is 0 Å². The average Bonchev–Trinajstić information content (AvgIpc) is 2.44. The summed E-state index contributed by atoms with van der Waals surface area (Å²) in [5.74, 6) is -0.199. The van der Waals surface area contributed by atoms with E-state index in [1.807, 2.05) is 0 Å². The van der Waals surface area contributed by atoms with Crippen LogP contribution in [0, 0.1) is 0 Å². The summed E-state index contributed by atoms with van der Waals surface area (Å²) >= 11 is 1.15. The van der Waals surface area contributed by atoms with E-state index in [0.29, 0.717) is 5.16 Å². The summed E-state index contributed by atoms with van der Waals surface area (Å²) in [6.07, 6.45) is 0. The number of nitrogens with one attached hydrogen (secondary N) is 1. The van der Waals surface area contributed by atoms with Crippen molar-refractivity contribution in [2.45, 2.75) is 5.16 Å². The van der Waals surface area contributed by atoms with Crippen LogP contribution >= 0.6 is 11.8 Å². The third-order valence-electron chi connectivity index (χ3n) is 1.39. The minimum atomic E-state index is -0.347. The second-order valence-electron chi connectivity index (χ2n) is 2.24. The van der Waals surface area contributed by atoms with E-state index in [2.05, 4.69) is 14.9 Å². The van der Waals surface area contributed by atoms with Gasteiger partial charge in [-0.15, -0.1) is 5.10 Å². The molecule has 0 aliphatic heterocycles. The monoisotopic (exact) mass is 203 g/mol. The minimum absolute atomic E-state index is 0.147. The van der Waals surface area contributed by atoms with E-state index in [0.717, 1.165) is 11.8 Å². The van der Waals surface area contributed by atoms with Gasteiger partial charge >= 0.3 is 11.7 Å². The van der Waals surface area contributed by atoms with Gasteiger partial charge in [0.25, 0.3) is 0 Å². The topological polar surface area (TPSA) is 77.0 Å². The van der Waals surface area contributed by atoms with Gasteiger partial charge in [0, 0.05) is 7.05 Å². The van der Waals surface area contributed by atoms with Crippen LogP contribution in [0.15, 0.2) is 9.95 Å². The molecular formula is C6H9N3O3S. The number of carbonyl (C=O) groups is 1. The lowest BCUT2D eigenvalue weighted by Gasteiger charge is -1.97. The lowest BCUT2D eigenvalue weighted by molar-refractivity contribution is -0.137. The number of carbonyl (C=O) groups excluding carboxylic acids is 1. The van der Waals surface area contributed by atoms with Crippen molar-refractivity contribution in [3.63, 3.8) is 0 Å². The van der Waals surface area contributed by atoms with Crippen molar-refractivity contribution in [3.05, 3.63) is 10.5 Å². The van der Waals surface area contributed by atoms with Gasteiger partial charge in [0.1, 0.15) is 0 Å². The Balaban J connectivity index is 2.60. The Kier molecular flexibility index (Phi) is 3.13. The van der Waals surface area contributed by atoms with E-state index >= 15 is 0 Å². The maximum atomic E-state index is 10.9. The van der Waals surface area contributed by atoms with Crippen molar-refractivity contribution in [1.82, 2.24) is 14.8 Å². The lowest BCUT2D eigenvalue weighted by Crippen LogP contribution is -2.13. The molecule has 0 saturated carbocycles. The number of hydrogen-bond donors (Lipinski definition) is 1. The van der Waals surface area contributed by atoms with Crippen LogP contribution in [0.2, 0.25) is 0 Å². The Morgan fingerprint density at radius 2 is 2.46 bits per heavy atom. The minimum Gasteiger partial charge on any atom is -0.468 e. The summed E-state index contributed by atoms with van der Waals surface area (Å²) in [6, 6.07) is 0. The molecule has 0 bridgehead atoms. The van der Waals surface area contributed by atoms with Crippen LogP contribution in [0.4, 0.5) is 0 Å². The normalized spacial score (nSPS) is 10.0. The van der Waals surface area contributed by atoms with Crippen LogP contribution in [0.5, 0.6) is 0 Å². The Labute approximate surface area is 78.3 Å². The fraction of sp³-hybridized carbons (Fsp3) is 0.500. The van der Waals surface area contributed by atoms with Gasteiger partial charge in [0.2, 0.25) is 0 Å². The molecule has 0 fully saturated rings. The molecule has 1 aromatic heterocycles. The molecule has 1 rings (SSSR count). The van der Waals surface area contributed by atoms with E-state index in [4.69, 9.17) is 0 Å². The molecule has 0 aliphatic rings. The first-order valence-electron chi connectivity index (χ1n) is 3.46. The largest absolute Gasteiger partial charge is 0.468 e. The van der Waals surface area contributed by atoms with Gasteiger partial charge in [-0.3, -0.25) is 9.36 Å². The highest BCUT2D eigenvalue weighted by molar-refractivity contribution is 7.99. The molecule has 0 aliphatic carbocycles. The van der Waals surface area contributed by atoms with Gasteiger partial charge in [-0.05, 0) is 0 Å². The summed E-state index contributed by atoms with van der Waals surface area (Å²) in [7, 11) is 2.89. The fourth-order valence-corrected chi connectivity index (χ4v) is 1.40. The predicted molar refractivity (Wildman–Crippen MR) is 46.6 cm³/mol. The van der Waals surface area contributed by atoms with Crippen LogP contribution in [-0.2, 0) is 16.6 Å². The van der Waals surface area contributed by atoms with Crippen molar-refractivity contribution in [1.29, 1.82) is 0 Å². The van der Waals surface area contributed by atoms with Gasteiger partial charge in [0.15, 0.2) is 5.16 Å². The zero-order valence-electron chi connectivity index (χ0n) is 7.23. The van der Waals surface area contributed by atoms with Crippen molar-refractivity contribution < 1.29 is 9.53 Å². The summed E-state index contributed by atoms with van der Waals surface area (Å²) in [5.41, 5.74) is -0.299. The molecule has 1 aromatic rings. The molecule has 0 radical (unpaired) electrons. The highest BCUT2D eigenvalue weighted by atomic mass is 32.2. The molecule has 1 N–H and O–H groups in total. The second kappa shape index (κ2) is 4.13. The lowest BCUT2D eigenvalue weighted by atomic mass is 10.8. The maximum absolute atomic E-state index is 10.9. The van der Waals surface area contributed by atoms with Crippen LogP contribution in [0.25, 0.3) is 0 Å². The number of thioether (sulfide) groups is 1. The molecule has 0 saturated heterocycles. The number of esters is 1. The third kappa shape index (κ3) is 2.35. The highest BCUT2D eigenvalue weighted by Gasteiger charge is 2.07. The van der Waals surface area contributed by atoms with Crippen molar-refractivity contribution in [2.75, 3.05) is 12.9 Å². The van der Waals surface area contributed by atoms with Crippen molar-refractivity contribution in [2.24, 2.45) is 7.05 Å². The molecular weight excluding hydrogens is 194 g/mol. The third-order valence-corrected chi connectivity index (χ3v) is 2.39. The van der Waals surface area contributed by atoms with Gasteiger partial charge in [-0.2, -0.15) is 0 Å². The van der Waals surface area contributed by atoms with E-state index in [1.165, 1.54) is 11.7 Å². The summed E-state index contributed by atoms with van der Waals surface area (Å²) < 4.78 is 5.76. The van der Waals surface area contributed by atoms with Gasteiger partial charge in [-0.25, -0.2) is 9.89 Å². The number of nitrogens with zero attached hydrogens (tertiary/aromatic N) is 2. The predicted octanol–water partition coefficient (Wildman–Crippen LogP) is -0.627. The number of ether oxygens (including phenoxy) is 1. The van der Waals surface area contributed by atoms with Crippen LogP contribution < -0.4 is 5.69 Å². The van der Waals surface area contributed by atoms with Crippen LogP contribution in [-0.4, -0.2) is 33.6 Å². The second-order valence-corrected chi connectivity index (χ2v) is 3.18. The Morgan fingerprint density at radius 1 is 1.77 bits per heavy atom. The van der Waals surface area contributed by atoms with Gasteiger partial charge in [0.05, 0.1) is 12.9 Å². The zero-order chi connectivity index (χ0) is 9.84. The van der Waals surface area contributed by atoms with Gasteiger partial charge < -0.3 is 4.74 Å². The van der Waals surface area contributed by atoms with E-state index in [-0.39, 0.29) is 17.4 Å². The average molecular weight is 203 g/mol. The van der Waals surface area contributed by atoms with Crippen molar-refractivity contribution in [3.8, 4) is 0 Å². The summed E-state index contributed by atoms with van der Waals surface area (Å²) in [5, 5.41) is 6.43. The standard InChI is InChI=1S/C6H9N3O3S/c1-9-5(11)7-8-6(9)13-3-4(10)12-2/h3H2,1-2H3,(H,7,11). The molecule has 0 aromatic carbocycles. The molecule has 0 unspecified atom stereocenters. The number of aromatic nitrogens is 3. The SMILES string of the molecule is COC(=O)CSc1n[nH]c(=O)n1C. The molecule has 72 valence electrons. The number of rotatable bonds is 3. The van der Waals surface area contributed by atoms with E-state index in [1.54, 1.807) is 7.05 Å². The molecule has 1 heterocycles. The molecule has 7 heteroatoms. The molecule has 0 amide bonds. The fourth-order valence-electron chi connectivity index (χ4n) is 0.644. The molecule has 6 nitrogen and oxygen atoms in total. The summed E-state index contributed by atoms with van der Waals surface area (Å²) in [6.45, 7) is 0. The summed E-state index contributed by atoms with van der Waals surface area (Å²) in [4.78, 5) is 21.6. The number of H-pyrrole nitrogens is 1. The Morgan fingerprint density at radius 3 is 2.92 bits per heavy atom.